The molecule has 1 aromatic heterocycles. The van der Waals surface area contributed by atoms with Crippen LogP contribution in [0.1, 0.15) is 26.3 Å². The number of rotatable bonds is 4. The molecule has 0 N–H and O–H groups in total. The second kappa shape index (κ2) is 7.24. The van der Waals surface area contributed by atoms with Crippen LogP contribution >= 0.6 is 11.8 Å². The Hall–Kier alpha value is -2.93. The number of amides is 1. The van der Waals surface area contributed by atoms with Crippen LogP contribution in [0.3, 0.4) is 0 Å². The first kappa shape index (κ1) is 18.4. The van der Waals surface area contributed by atoms with Gasteiger partial charge in [0.1, 0.15) is 0 Å². The summed E-state index contributed by atoms with van der Waals surface area (Å²) in [5.74, 6) is 0.270. The Labute approximate surface area is 168 Å². The van der Waals surface area contributed by atoms with E-state index in [0.717, 1.165) is 16.9 Å². The molecule has 28 heavy (non-hydrogen) atoms. The van der Waals surface area contributed by atoms with Crippen molar-refractivity contribution in [2.24, 2.45) is 0 Å². The van der Waals surface area contributed by atoms with Gasteiger partial charge in [0.05, 0.1) is 22.7 Å². The molecule has 0 saturated heterocycles. The predicted octanol–water partition coefficient (Wildman–Crippen LogP) is 3.98. The molecule has 0 spiro atoms. The summed E-state index contributed by atoms with van der Waals surface area (Å²) in [5, 5.41) is 12.5. The van der Waals surface area contributed by atoms with Crippen LogP contribution in [0.25, 0.3) is 11.3 Å². The molecular weight excluding hydrogens is 370 g/mol. The van der Waals surface area contributed by atoms with E-state index in [1.54, 1.807) is 4.68 Å². The van der Waals surface area contributed by atoms with E-state index in [2.05, 4.69) is 48.4 Å². The zero-order chi connectivity index (χ0) is 19.7. The highest BCUT2D eigenvalue weighted by molar-refractivity contribution is 7.99. The molecule has 2 aromatic carbocycles. The normalized spacial score (nSPS) is 15.1. The summed E-state index contributed by atoms with van der Waals surface area (Å²) in [6.45, 7) is 6.21. The van der Waals surface area contributed by atoms with Gasteiger partial charge in [-0.25, -0.2) is 0 Å². The van der Waals surface area contributed by atoms with Crippen LogP contribution in [0.5, 0.6) is 0 Å². The van der Waals surface area contributed by atoms with E-state index >= 15 is 0 Å². The first-order chi connectivity index (χ1) is 13.5. The average molecular weight is 392 g/mol. The summed E-state index contributed by atoms with van der Waals surface area (Å²) in [6.07, 6.45) is 2.14. The SMILES string of the molecule is CC1=CC(C)(C)N(C(=O)CSc2nnnn2-c2ccccc2)c2ccccc21. The number of anilines is 1. The molecule has 142 valence electrons. The maximum atomic E-state index is 13.2. The highest BCUT2D eigenvalue weighted by Crippen LogP contribution is 2.39. The number of allylic oxidation sites excluding steroid dienone is 1. The van der Waals surface area contributed by atoms with Gasteiger partial charge in [-0.1, -0.05) is 54.2 Å². The van der Waals surface area contributed by atoms with Crippen LogP contribution in [0.4, 0.5) is 5.69 Å². The Morgan fingerprint density at radius 3 is 2.57 bits per heavy atom. The number of thioether (sulfide) groups is 1. The molecule has 1 aliphatic rings. The number of para-hydroxylation sites is 2. The molecule has 0 fully saturated rings. The van der Waals surface area contributed by atoms with Crippen LogP contribution in [-0.2, 0) is 4.79 Å². The zero-order valence-electron chi connectivity index (χ0n) is 16.0. The molecule has 1 amide bonds. The smallest absolute Gasteiger partial charge is 0.238 e. The summed E-state index contributed by atoms with van der Waals surface area (Å²) in [7, 11) is 0. The highest BCUT2D eigenvalue weighted by atomic mass is 32.2. The molecule has 7 heteroatoms. The molecule has 0 bridgehead atoms. The number of hydrogen-bond donors (Lipinski definition) is 0. The monoisotopic (exact) mass is 391 g/mol. The van der Waals surface area contributed by atoms with Gasteiger partial charge < -0.3 is 4.90 Å². The van der Waals surface area contributed by atoms with Crippen molar-refractivity contribution in [2.45, 2.75) is 31.5 Å². The number of carbonyl (C=O) groups excluding carboxylic acids is 1. The van der Waals surface area contributed by atoms with Crippen LogP contribution in [0.2, 0.25) is 0 Å². The molecular formula is C21H21N5OS. The number of hydrogen-bond acceptors (Lipinski definition) is 5. The van der Waals surface area contributed by atoms with Crippen LogP contribution in [0, 0.1) is 0 Å². The first-order valence-electron chi connectivity index (χ1n) is 9.06. The van der Waals surface area contributed by atoms with Gasteiger partial charge in [0.2, 0.25) is 11.1 Å². The van der Waals surface area contributed by atoms with Crippen molar-refractivity contribution in [1.82, 2.24) is 20.2 Å². The van der Waals surface area contributed by atoms with E-state index in [9.17, 15) is 4.79 Å². The van der Waals surface area contributed by atoms with Gasteiger partial charge >= 0.3 is 0 Å². The number of tetrazole rings is 1. The lowest BCUT2D eigenvalue weighted by atomic mass is 9.89. The molecule has 4 rings (SSSR count). The van der Waals surface area contributed by atoms with Crippen LogP contribution in [0.15, 0.2) is 65.8 Å². The summed E-state index contributed by atoms with van der Waals surface area (Å²) < 4.78 is 1.65. The molecule has 0 aliphatic carbocycles. The number of fused-ring (bicyclic) bond motifs is 1. The number of benzene rings is 2. The highest BCUT2D eigenvalue weighted by Gasteiger charge is 2.35. The van der Waals surface area contributed by atoms with Crippen molar-refractivity contribution in [3.8, 4) is 5.69 Å². The average Bonchev–Trinajstić information content (AvgIpc) is 3.15. The number of aromatic nitrogens is 4. The van der Waals surface area contributed by atoms with E-state index in [-0.39, 0.29) is 11.7 Å². The maximum absolute atomic E-state index is 13.2. The van der Waals surface area contributed by atoms with E-state index in [0.29, 0.717) is 5.16 Å². The van der Waals surface area contributed by atoms with Crippen LogP contribution in [-0.4, -0.2) is 37.4 Å². The third-order valence-corrected chi connectivity index (χ3v) is 5.64. The summed E-state index contributed by atoms with van der Waals surface area (Å²) in [6, 6.07) is 17.7. The lowest BCUT2D eigenvalue weighted by molar-refractivity contribution is -0.116. The molecule has 6 nitrogen and oxygen atoms in total. The van der Waals surface area contributed by atoms with Crippen LogP contribution < -0.4 is 4.90 Å². The molecule has 2 heterocycles. The third kappa shape index (κ3) is 3.33. The Bertz CT molecular complexity index is 1040. The van der Waals surface area contributed by atoms with Gasteiger partial charge in [-0.05, 0) is 55.0 Å². The second-order valence-corrected chi connectivity index (χ2v) is 8.17. The minimum Gasteiger partial charge on any atom is -0.302 e. The summed E-state index contributed by atoms with van der Waals surface area (Å²) in [4.78, 5) is 15.1. The molecule has 3 aromatic rings. The summed E-state index contributed by atoms with van der Waals surface area (Å²) >= 11 is 1.34. The molecule has 0 saturated carbocycles. The fourth-order valence-electron chi connectivity index (χ4n) is 3.63. The zero-order valence-corrected chi connectivity index (χ0v) is 16.8. The quantitative estimate of drug-likeness (QED) is 0.630. The van der Waals surface area contributed by atoms with Gasteiger partial charge in [0.25, 0.3) is 0 Å². The van der Waals surface area contributed by atoms with Crippen molar-refractivity contribution in [1.29, 1.82) is 0 Å². The molecule has 0 atom stereocenters. The Morgan fingerprint density at radius 2 is 1.79 bits per heavy atom. The van der Waals surface area contributed by atoms with E-state index < -0.39 is 5.54 Å². The molecule has 0 radical (unpaired) electrons. The Morgan fingerprint density at radius 1 is 1.07 bits per heavy atom. The Balaban J connectivity index is 1.58. The van der Waals surface area contributed by atoms with E-state index in [1.807, 2.05) is 53.4 Å². The molecule has 0 unspecified atom stereocenters. The minimum absolute atomic E-state index is 0.0220. The number of nitrogens with zero attached hydrogens (tertiary/aromatic N) is 5. The van der Waals surface area contributed by atoms with E-state index in [1.165, 1.54) is 17.3 Å². The first-order valence-corrected chi connectivity index (χ1v) is 10.0. The fourth-order valence-corrected chi connectivity index (χ4v) is 4.37. The Kier molecular flexibility index (Phi) is 4.77. The van der Waals surface area contributed by atoms with Gasteiger partial charge in [0.15, 0.2) is 0 Å². The third-order valence-electron chi connectivity index (χ3n) is 4.73. The second-order valence-electron chi connectivity index (χ2n) is 7.22. The molecule has 1 aliphatic heterocycles. The maximum Gasteiger partial charge on any atom is 0.238 e. The van der Waals surface area contributed by atoms with Crippen molar-refractivity contribution in [3.63, 3.8) is 0 Å². The van der Waals surface area contributed by atoms with Gasteiger partial charge in [-0.3, -0.25) is 4.79 Å². The minimum atomic E-state index is -0.401. The van der Waals surface area contributed by atoms with Gasteiger partial charge in [0, 0.05) is 5.56 Å². The van der Waals surface area contributed by atoms with Crippen molar-refractivity contribution >= 4 is 28.9 Å². The van der Waals surface area contributed by atoms with Gasteiger partial charge in [-0.15, -0.1) is 5.10 Å². The predicted molar refractivity (Wildman–Crippen MR) is 112 cm³/mol. The lowest BCUT2D eigenvalue weighted by Crippen LogP contribution is -2.49. The fraction of sp³-hybridized carbons (Fsp3) is 0.238. The number of carbonyl (C=O) groups is 1. The lowest BCUT2D eigenvalue weighted by Gasteiger charge is -2.41. The van der Waals surface area contributed by atoms with Crippen molar-refractivity contribution in [3.05, 3.63) is 66.2 Å². The van der Waals surface area contributed by atoms with Crippen molar-refractivity contribution < 1.29 is 4.79 Å². The van der Waals surface area contributed by atoms with Gasteiger partial charge in [-0.2, -0.15) is 4.68 Å². The standard InChI is InChI=1S/C21H21N5OS/c1-15-13-21(2,3)25(18-12-8-7-11-17(15)18)19(27)14-28-20-22-23-24-26(20)16-9-5-4-6-10-16/h4-13H,14H2,1-3H3. The topological polar surface area (TPSA) is 63.9 Å². The summed E-state index contributed by atoms with van der Waals surface area (Å²) in [5.41, 5.74) is 3.69. The largest absolute Gasteiger partial charge is 0.302 e. The van der Waals surface area contributed by atoms with Crippen molar-refractivity contribution in [2.75, 3.05) is 10.7 Å². The van der Waals surface area contributed by atoms with E-state index in [4.69, 9.17) is 0 Å².